The minimum absolute atomic E-state index is 0.413. The Bertz CT molecular complexity index is 383. The average molecular weight is 248 g/mol. The highest BCUT2D eigenvalue weighted by Crippen LogP contribution is 2.14. The monoisotopic (exact) mass is 248 g/mol. The Balaban J connectivity index is 2.40. The van der Waals surface area contributed by atoms with Crippen LogP contribution in [0, 0.1) is 6.92 Å². The van der Waals surface area contributed by atoms with E-state index in [9.17, 15) is 4.79 Å². The first kappa shape index (κ1) is 14.7. The van der Waals surface area contributed by atoms with Crippen LogP contribution in [-0.2, 0) is 6.42 Å². The number of hydrogen-bond acceptors (Lipinski definition) is 1. The molecular weight excluding hydrogens is 224 g/mol. The second kappa shape index (κ2) is 7.91. The summed E-state index contributed by atoms with van der Waals surface area (Å²) in [5, 5.41) is 9.00. The lowest BCUT2D eigenvalue weighted by Crippen LogP contribution is -1.99. The van der Waals surface area contributed by atoms with Gasteiger partial charge in [0.05, 0.1) is 5.56 Å². The molecule has 0 radical (unpaired) electrons. The van der Waals surface area contributed by atoms with E-state index < -0.39 is 5.97 Å². The number of carboxylic acids is 1. The molecule has 1 aromatic carbocycles. The number of aryl methyl sites for hydroxylation is 2. The Kier molecular flexibility index (Phi) is 6.48. The SMILES string of the molecule is CCCCCCCCc1cc(C)cc(C(=O)O)c1. The second-order valence-corrected chi connectivity index (χ2v) is 5.03. The number of rotatable bonds is 8. The smallest absolute Gasteiger partial charge is 0.335 e. The molecule has 2 heteroatoms. The Morgan fingerprint density at radius 3 is 2.39 bits per heavy atom. The number of carboxylic acid groups (broad SMARTS) is 1. The van der Waals surface area contributed by atoms with Gasteiger partial charge in [-0.2, -0.15) is 0 Å². The van der Waals surface area contributed by atoms with Crippen molar-refractivity contribution in [1.29, 1.82) is 0 Å². The summed E-state index contributed by atoms with van der Waals surface area (Å²) in [6.45, 7) is 4.18. The van der Waals surface area contributed by atoms with Crippen LogP contribution >= 0.6 is 0 Å². The summed E-state index contributed by atoms with van der Waals surface area (Å²) in [4.78, 5) is 11.0. The van der Waals surface area contributed by atoms with Crippen molar-refractivity contribution in [2.45, 2.75) is 58.8 Å². The van der Waals surface area contributed by atoms with E-state index in [-0.39, 0.29) is 0 Å². The third-order valence-corrected chi connectivity index (χ3v) is 3.20. The van der Waals surface area contributed by atoms with Gasteiger partial charge >= 0.3 is 5.97 Å². The van der Waals surface area contributed by atoms with Gasteiger partial charge in [0.1, 0.15) is 0 Å². The highest BCUT2D eigenvalue weighted by atomic mass is 16.4. The van der Waals surface area contributed by atoms with Crippen molar-refractivity contribution in [3.8, 4) is 0 Å². The van der Waals surface area contributed by atoms with Gasteiger partial charge < -0.3 is 5.11 Å². The molecule has 0 spiro atoms. The summed E-state index contributed by atoms with van der Waals surface area (Å²) in [6.07, 6.45) is 8.63. The third kappa shape index (κ3) is 5.35. The maximum absolute atomic E-state index is 11.0. The molecule has 1 aromatic rings. The second-order valence-electron chi connectivity index (χ2n) is 5.03. The summed E-state index contributed by atoms with van der Waals surface area (Å²) in [7, 11) is 0. The summed E-state index contributed by atoms with van der Waals surface area (Å²) in [5.41, 5.74) is 2.61. The van der Waals surface area contributed by atoms with Crippen LogP contribution in [0.1, 0.15) is 66.9 Å². The topological polar surface area (TPSA) is 37.3 Å². The van der Waals surface area contributed by atoms with Gasteiger partial charge in [0, 0.05) is 0 Å². The molecule has 0 aliphatic carbocycles. The first-order chi connectivity index (χ1) is 8.63. The van der Waals surface area contributed by atoms with Gasteiger partial charge in [-0.3, -0.25) is 0 Å². The molecule has 18 heavy (non-hydrogen) atoms. The number of aromatic carboxylic acids is 1. The molecular formula is C16H24O2. The van der Waals surface area contributed by atoms with E-state index in [4.69, 9.17) is 5.11 Å². The first-order valence-electron chi connectivity index (χ1n) is 6.97. The average Bonchev–Trinajstić information content (AvgIpc) is 2.33. The van der Waals surface area contributed by atoms with Crippen LogP contribution in [0.15, 0.2) is 18.2 Å². The molecule has 0 fully saturated rings. The van der Waals surface area contributed by atoms with E-state index in [0.717, 1.165) is 24.0 Å². The summed E-state index contributed by atoms with van der Waals surface area (Å²) >= 11 is 0. The van der Waals surface area contributed by atoms with E-state index in [1.54, 1.807) is 12.1 Å². The molecule has 0 unspecified atom stereocenters. The number of unbranched alkanes of at least 4 members (excludes halogenated alkanes) is 5. The molecule has 0 aliphatic heterocycles. The number of hydrogen-bond donors (Lipinski definition) is 1. The first-order valence-corrected chi connectivity index (χ1v) is 6.97. The summed E-state index contributed by atoms with van der Waals surface area (Å²) in [6, 6.07) is 5.63. The van der Waals surface area contributed by atoms with Crippen LogP contribution in [0.3, 0.4) is 0 Å². The number of carbonyl (C=O) groups is 1. The normalized spacial score (nSPS) is 10.6. The van der Waals surface area contributed by atoms with Crippen LogP contribution in [0.4, 0.5) is 0 Å². The Labute approximate surface area is 110 Å². The fourth-order valence-corrected chi connectivity index (χ4v) is 2.24. The molecule has 0 bridgehead atoms. The number of benzene rings is 1. The van der Waals surface area contributed by atoms with Crippen LogP contribution in [0.2, 0.25) is 0 Å². The molecule has 0 amide bonds. The zero-order chi connectivity index (χ0) is 13.4. The van der Waals surface area contributed by atoms with Crippen molar-refractivity contribution in [3.05, 3.63) is 34.9 Å². The molecule has 0 heterocycles. The standard InChI is InChI=1S/C16H24O2/c1-3-4-5-6-7-8-9-14-10-13(2)11-15(12-14)16(17)18/h10-12H,3-9H2,1-2H3,(H,17,18). The van der Waals surface area contributed by atoms with Gasteiger partial charge in [-0.15, -0.1) is 0 Å². The lowest BCUT2D eigenvalue weighted by Gasteiger charge is -2.05. The van der Waals surface area contributed by atoms with E-state index in [0.29, 0.717) is 5.56 Å². The van der Waals surface area contributed by atoms with Gasteiger partial charge in [-0.1, -0.05) is 50.7 Å². The molecule has 100 valence electrons. The molecule has 0 atom stereocenters. The van der Waals surface area contributed by atoms with Crippen LogP contribution in [-0.4, -0.2) is 11.1 Å². The molecule has 0 saturated heterocycles. The maximum atomic E-state index is 11.0. The van der Waals surface area contributed by atoms with Crippen LogP contribution in [0.5, 0.6) is 0 Å². The predicted molar refractivity (Wildman–Crippen MR) is 75.2 cm³/mol. The van der Waals surface area contributed by atoms with Gasteiger partial charge in [-0.05, 0) is 37.5 Å². The van der Waals surface area contributed by atoms with Crippen LogP contribution in [0.25, 0.3) is 0 Å². The fourth-order valence-electron chi connectivity index (χ4n) is 2.24. The van der Waals surface area contributed by atoms with Crippen molar-refractivity contribution in [2.75, 3.05) is 0 Å². The van der Waals surface area contributed by atoms with E-state index in [2.05, 4.69) is 13.0 Å². The zero-order valence-corrected chi connectivity index (χ0v) is 11.5. The van der Waals surface area contributed by atoms with Crippen molar-refractivity contribution in [3.63, 3.8) is 0 Å². The lowest BCUT2D eigenvalue weighted by atomic mass is 10.0. The Morgan fingerprint density at radius 1 is 1.06 bits per heavy atom. The highest BCUT2D eigenvalue weighted by Gasteiger charge is 2.05. The molecule has 1 N–H and O–H groups in total. The molecule has 1 rings (SSSR count). The van der Waals surface area contributed by atoms with Gasteiger partial charge in [-0.25, -0.2) is 4.79 Å². The lowest BCUT2D eigenvalue weighted by molar-refractivity contribution is 0.0696. The molecule has 0 aromatic heterocycles. The zero-order valence-electron chi connectivity index (χ0n) is 11.5. The van der Waals surface area contributed by atoms with Crippen molar-refractivity contribution in [1.82, 2.24) is 0 Å². The largest absolute Gasteiger partial charge is 0.478 e. The van der Waals surface area contributed by atoms with E-state index in [1.807, 2.05) is 6.92 Å². The Hall–Kier alpha value is -1.31. The van der Waals surface area contributed by atoms with Crippen molar-refractivity contribution >= 4 is 5.97 Å². The quantitative estimate of drug-likeness (QED) is 0.683. The Morgan fingerprint density at radius 2 is 1.72 bits per heavy atom. The highest BCUT2D eigenvalue weighted by molar-refractivity contribution is 5.88. The maximum Gasteiger partial charge on any atom is 0.335 e. The minimum atomic E-state index is -0.831. The van der Waals surface area contributed by atoms with Gasteiger partial charge in [0.25, 0.3) is 0 Å². The van der Waals surface area contributed by atoms with Crippen LogP contribution < -0.4 is 0 Å². The molecule has 2 nitrogen and oxygen atoms in total. The molecule has 0 aliphatic rings. The molecule has 0 saturated carbocycles. The van der Waals surface area contributed by atoms with Gasteiger partial charge in [0.2, 0.25) is 0 Å². The van der Waals surface area contributed by atoms with E-state index >= 15 is 0 Å². The summed E-state index contributed by atoms with van der Waals surface area (Å²) < 4.78 is 0. The van der Waals surface area contributed by atoms with Gasteiger partial charge in [0.15, 0.2) is 0 Å². The minimum Gasteiger partial charge on any atom is -0.478 e. The van der Waals surface area contributed by atoms with Crippen molar-refractivity contribution < 1.29 is 9.90 Å². The fraction of sp³-hybridized carbons (Fsp3) is 0.562. The van der Waals surface area contributed by atoms with Crippen molar-refractivity contribution in [2.24, 2.45) is 0 Å². The third-order valence-electron chi connectivity index (χ3n) is 3.20. The predicted octanol–water partition coefficient (Wildman–Crippen LogP) is 4.60. The van der Waals surface area contributed by atoms with E-state index in [1.165, 1.54) is 32.1 Å². The summed E-state index contributed by atoms with van der Waals surface area (Å²) in [5.74, 6) is -0.831.